The highest BCUT2D eigenvalue weighted by molar-refractivity contribution is 6.05. The first-order chi connectivity index (χ1) is 22.7. The number of aryl methyl sites for hydroxylation is 2. The van der Waals surface area contributed by atoms with Gasteiger partial charge in [0.25, 0.3) is 0 Å². The molecular weight excluding hydrogens is 640 g/mol. The molecule has 0 spiro atoms. The number of ketones is 2. The van der Waals surface area contributed by atoms with Crippen LogP contribution in [0, 0.1) is 13.8 Å². The van der Waals surface area contributed by atoms with Crippen molar-refractivity contribution in [3.8, 4) is 0 Å². The Kier molecular flexibility index (Phi) is 10.4. The number of rotatable bonds is 8. The van der Waals surface area contributed by atoms with Crippen molar-refractivity contribution in [1.82, 2.24) is 15.1 Å². The van der Waals surface area contributed by atoms with Gasteiger partial charge in [-0.25, -0.2) is 0 Å². The molecule has 2 aliphatic rings. The van der Waals surface area contributed by atoms with Gasteiger partial charge >= 0.3 is 12.4 Å². The molecule has 2 fully saturated rings. The Morgan fingerprint density at radius 1 is 0.792 bits per heavy atom. The van der Waals surface area contributed by atoms with Gasteiger partial charge in [-0.05, 0) is 49.1 Å². The zero-order valence-electron chi connectivity index (χ0n) is 26.3. The number of nitrogens with zero attached hydrogens (tertiary/aromatic N) is 2. The van der Waals surface area contributed by atoms with Crippen LogP contribution in [0.1, 0.15) is 48.5 Å². The molecular formula is C35H35F6N3O4. The lowest BCUT2D eigenvalue weighted by atomic mass is 9.84. The predicted molar refractivity (Wildman–Crippen MR) is 165 cm³/mol. The van der Waals surface area contributed by atoms with Gasteiger partial charge in [-0.1, -0.05) is 54.6 Å². The molecule has 0 aromatic heterocycles. The number of hydrogen-bond acceptors (Lipinski definition) is 6. The van der Waals surface area contributed by atoms with Gasteiger partial charge in [0, 0.05) is 36.8 Å². The van der Waals surface area contributed by atoms with Crippen LogP contribution in [0.4, 0.5) is 26.3 Å². The Labute approximate surface area is 273 Å². The first-order valence-corrected chi connectivity index (χ1v) is 15.5. The van der Waals surface area contributed by atoms with Crippen molar-refractivity contribution in [3.63, 3.8) is 0 Å². The maximum Gasteiger partial charge on any atom is 0.417 e. The average molecular weight is 676 g/mol. The number of morpholine rings is 1. The molecule has 3 atom stereocenters. The Morgan fingerprint density at radius 2 is 1.35 bits per heavy atom. The van der Waals surface area contributed by atoms with E-state index in [1.54, 1.807) is 0 Å². The second kappa shape index (κ2) is 14.2. The molecule has 48 heavy (non-hydrogen) atoms. The number of amides is 1. The molecule has 1 amide bonds. The van der Waals surface area contributed by atoms with Gasteiger partial charge in [-0.3, -0.25) is 19.3 Å². The van der Waals surface area contributed by atoms with Crippen molar-refractivity contribution in [1.29, 1.82) is 0 Å². The van der Waals surface area contributed by atoms with Crippen LogP contribution in [0.2, 0.25) is 0 Å². The van der Waals surface area contributed by atoms with Crippen molar-refractivity contribution in [2.75, 3.05) is 39.4 Å². The first kappa shape index (κ1) is 35.2. The third-order valence-corrected chi connectivity index (χ3v) is 8.99. The van der Waals surface area contributed by atoms with Crippen LogP contribution in [0.25, 0.3) is 0 Å². The minimum Gasteiger partial charge on any atom is -0.378 e. The van der Waals surface area contributed by atoms with E-state index < -0.39 is 76.8 Å². The number of alkyl halides is 6. The zero-order chi connectivity index (χ0) is 34.8. The number of carbonyl (C=O) groups is 3. The van der Waals surface area contributed by atoms with E-state index in [2.05, 4.69) is 5.32 Å². The molecule has 3 aromatic rings. The predicted octanol–water partition coefficient (Wildman–Crippen LogP) is 5.52. The summed E-state index contributed by atoms with van der Waals surface area (Å²) in [5, 5.41) is 3.11. The maximum atomic E-state index is 14.5. The van der Waals surface area contributed by atoms with E-state index in [1.165, 1.54) is 21.9 Å². The molecule has 2 heterocycles. The SMILES string of the molecule is Cc1ccc(CC2NCC(C(=O)c3ccccc3C(F)(F)F)N(CC(=O)N3CCOCC3)C2C(=O)c2ccccc2C(F)(F)F)cc1C. The van der Waals surface area contributed by atoms with Crippen LogP contribution in [-0.4, -0.2) is 84.8 Å². The summed E-state index contributed by atoms with van der Waals surface area (Å²) in [6.07, 6.45) is -9.68. The summed E-state index contributed by atoms with van der Waals surface area (Å²) in [6.45, 7) is 3.78. The average Bonchev–Trinajstić information content (AvgIpc) is 3.05. The van der Waals surface area contributed by atoms with Crippen LogP contribution in [0.5, 0.6) is 0 Å². The van der Waals surface area contributed by atoms with E-state index in [1.807, 2.05) is 32.0 Å². The molecule has 13 heteroatoms. The fourth-order valence-electron chi connectivity index (χ4n) is 6.37. The molecule has 1 N–H and O–H groups in total. The number of Topliss-reactive ketones (excluding diaryl/α,β-unsaturated/α-hetero) is 2. The molecule has 0 bridgehead atoms. The molecule has 256 valence electrons. The van der Waals surface area contributed by atoms with Crippen LogP contribution >= 0.6 is 0 Å². The Hall–Kier alpha value is -4.07. The maximum absolute atomic E-state index is 14.5. The second-order valence-electron chi connectivity index (χ2n) is 12.1. The molecule has 5 rings (SSSR count). The van der Waals surface area contributed by atoms with Crippen molar-refractivity contribution >= 4 is 17.5 Å². The fourth-order valence-corrected chi connectivity index (χ4v) is 6.37. The van der Waals surface area contributed by atoms with Gasteiger partial charge in [0.05, 0.1) is 43.0 Å². The van der Waals surface area contributed by atoms with Crippen LogP contribution < -0.4 is 5.32 Å². The van der Waals surface area contributed by atoms with E-state index in [9.17, 15) is 40.7 Å². The molecule has 0 radical (unpaired) electrons. The number of benzene rings is 3. The highest BCUT2D eigenvalue weighted by Gasteiger charge is 2.48. The highest BCUT2D eigenvalue weighted by Crippen LogP contribution is 2.36. The van der Waals surface area contributed by atoms with Gasteiger partial charge < -0.3 is 15.0 Å². The topological polar surface area (TPSA) is 79.0 Å². The Morgan fingerprint density at radius 3 is 1.92 bits per heavy atom. The number of carbonyl (C=O) groups excluding carboxylic acids is 3. The first-order valence-electron chi connectivity index (χ1n) is 15.5. The largest absolute Gasteiger partial charge is 0.417 e. The van der Waals surface area contributed by atoms with E-state index in [0.29, 0.717) is 0 Å². The van der Waals surface area contributed by atoms with Gasteiger partial charge in [-0.2, -0.15) is 26.3 Å². The number of halogens is 6. The summed E-state index contributed by atoms with van der Waals surface area (Å²) in [5.41, 5.74) is -1.07. The molecule has 0 saturated carbocycles. The summed E-state index contributed by atoms with van der Waals surface area (Å²) < 4.78 is 90.2. The molecule has 7 nitrogen and oxygen atoms in total. The zero-order valence-corrected chi connectivity index (χ0v) is 26.3. The number of hydrogen-bond donors (Lipinski definition) is 1. The Balaban J connectivity index is 1.64. The normalized spacial score (nSPS) is 20.8. The van der Waals surface area contributed by atoms with E-state index >= 15 is 0 Å². The summed E-state index contributed by atoms with van der Waals surface area (Å²) in [6, 6.07) is 10.0. The third kappa shape index (κ3) is 7.63. The quantitative estimate of drug-likeness (QED) is 0.251. The summed E-state index contributed by atoms with van der Waals surface area (Å²) in [5.74, 6) is -2.56. The number of nitrogens with one attached hydrogen (secondary N) is 1. The molecule has 2 saturated heterocycles. The van der Waals surface area contributed by atoms with Gasteiger partial charge in [-0.15, -0.1) is 0 Å². The van der Waals surface area contributed by atoms with Crippen molar-refractivity contribution in [2.45, 2.75) is 50.7 Å². The van der Waals surface area contributed by atoms with E-state index in [0.717, 1.165) is 53.1 Å². The van der Waals surface area contributed by atoms with E-state index in [4.69, 9.17) is 4.74 Å². The van der Waals surface area contributed by atoms with Gasteiger partial charge in [0.2, 0.25) is 5.91 Å². The highest BCUT2D eigenvalue weighted by atomic mass is 19.4. The van der Waals surface area contributed by atoms with Crippen molar-refractivity contribution in [3.05, 3.63) is 106 Å². The van der Waals surface area contributed by atoms with Crippen LogP contribution in [-0.2, 0) is 28.3 Å². The second-order valence-corrected chi connectivity index (χ2v) is 12.1. The lowest BCUT2D eigenvalue weighted by Gasteiger charge is -2.46. The fraction of sp³-hybridized carbons (Fsp3) is 0.400. The minimum absolute atomic E-state index is 0.119. The lowest BCUT2D eigenvalue weighted by Crippen LogP contribution is -2.69. The lowest BCUT2D eigenvalue weighted by molar-refractivity contribution is -0.139. The summed E-state index contributed by atoms with van der Waals surface area (Å²) in [4.78, 5) is 44.9. The smallest absolute Gasteiger partial charge is 0.378 e. The van der Waals surface area contributed by atoms with Gasteiger partial charge in [0.1, 0.15) is 0 Å². The van der Waals surface area contributed by atoms with Gasteiger partial charge in [0.15, 0.2) is 11.6 Å². The molecule has 3 unspecified atom stereocenters. The Bertz CT molecular complexity index is 1670. The van der Waals surface area contributed by atoms with Crippen LogP contribution in [0.15, 0.2) is 66.7 Å². The van der Waals surface area contributed by atoms with Crippen LogP contribution in [0.3, 0.4) is 0 Å². The standard InChI is InChI=1S/C35H35F6N3O4/c1-21-11-12-23(17-22(21)2)18-28-31(33(47)25-8-4-6-10-27(25)35(39,40)41)44(20-30(45)43-13-15-48-16-14-43)29(19-42-28)32(46)24-7-3-5-9-26(24)34(36,37)38/h3-12,17,28-29,31,42H,13-16,18-20H2,1-2H3. The third-order valence-electron chi connectivity index (χ3n) is 8.99. The minimum atomic E-state index is -4.91. The number of ether oxygens (including phenoxy) is 1. The summed E-state index contributed by atoms with van der Waals surface area (Å²) >= 11 is 0. The van der Waals surface area contributed by atoms with Crippen molar-refractivity contribution < 1.29 is 45.5 Å². The molecule has 2 aliphatic heterocycles. The molecule has 0 aliphatic carbocycles. The summed E-state index contributed by atoms with van der Waals surface area (Å²) in [7, 11) is 0. The van der Waals surface area contributed by atoms with Crippen molar-refractivity contribution in [2.24, 2.45) is 0 Å². The molecule has 3 aromatic carbocycles. The monoisotopic (exact) mass is 675 g/mol. The number of piperazine rings is 1. The van der Waals surface area contributed by atoms with E-state index in [-0.39, 0.29) is 39.3 Å².